The summed E-state index contributed by atoms with van der Waals surface area (Å²) in [6, 6.07) is 3.51. The van der Waals surface area contributed by atoms with Crippen molar-refractivity contribution in [3.05, 3.63) is 50.5 Å². The highest BCUT2D eigenvalue weighted by Crippen LogP contribution is 2.33. The van der Waals surface area contributed by atoms with Gasteiger partial charge in [-0.25, -0.2) is 4.39 Å². The number of aromatic nitrogens is 1. The maximum Gasteiger partial charge on any atom is 0.262 e. The number of halogens is 2. The molecule has 124 valence electrons. The van der Waals surface area contributed by atoms with E-state index in [4.69, 9.17) is 22.1 Å². The average molecular weight is 352 g/mol. The fourth-order valence-electron chi connectivity index (χ4n) is 2.50. The van der Waals surface area contributed by atoms with Gasteiger partial charge in [-0.05, 0) is 19.1 Å². The molecule has 24 heavy (non-hydrogen) atoms. The number of hydrogen-bond acceptors (Lipinski definition) is 5. The second-order valence-electron chi connectivity index (χ2n) is 4.92. The molecule has 0 aliphatic carbocycles. The van der Waals surface area contributed by atoms with Gasteiger partial charge in [-0.3, -0.25) is 24.3 Å². The van der Waals surface area contributed by atoms with Crippen LogP contribution in [0.25, 0.3) is 5.69 Å². The summed E-state index contributed by atoms with van der Waals surface area (Å²) in [6.07, 6.45) is 0. The highest BCUT2D eigenvalue weighted by Gasteiger charge is 2.32. The van der Waals surface area contributed by atoms with Crippen LogP contribution in [0.3, 0.4) is 0 Å². The molecule has 0 atom stereocenters. The SMILES string of the molecule is CCOc1c(Cl)ccc(-n2c(N)c3c(cc2=O)C(=O)NC3=O)c1F. The molecule has 1 aromatic carbocycles. The first-order valence-electron chi connectivity index (χ1n) is 6.89. The van der Waals surface area contributed by atoms with Crippen LogP contribution >= 0.6 is 11.6 Å². The molecule has 7 nitrogen and oxygen atoms in total. The number of nitrogens with one attached hydrogen (secondary N) is 1. The lowest BCUT2D eigenvalue weighted by Crippen LogP contribution is -2.25. The van der Waals surface area contributed by atoms with E-state index in [1.165, 1.54) is 12.1 Å². The number of carbonyl (C=O) groups is 2. The Bertz CT molecular complexity index is 955. The molecule has 1 aliphatic heterocycles. The number of pyridine rings is 1. The number of rotatable bonds is 3. The summed E-state index contributed by atoms with van der Waals surface area (Å²) >= 11 is 5.89. The minimum absolute atomic E-state index is 0.0267. The normalized spacial score (nSPS) is 13.0. The molecule has 0 radical (unpaired) electrons. The van der Waals surface area contributed by atoms with Gasteiger partial charge in [-0.15, -0.1) is 0 Å². The van der Waals surface area contributed by atoms with Crippen molar-refractivity contribution >= 4 is 29.2 Å². The first-order valence-corrected chi connectivity index (χ1v) is 7.27. The lowest BCUT2D eigenvalue weighted by molar-refractivity contribution is 0.0880. The van der Waals surface area contributed by atoms with Crippen LogP contribution in [-0.4, -0.2) is 23.0 Å². The zero-order valence-electron chi connectivity index (χ0n) is 12.4. The lowest BCUT2D eigenvalue weighted by Gasteiger charge is -2.15. The molecule has 1 aliphatic rings. The fourth-order valence-corrected chi connectivity index (χ4v) is 2.70. The minimum Gasteiger partial charge on any atom is -0.489 e. The number of amides is 2. The summed E-state index contributed by atoms with van der Waals surface area (Å²) in [7, 11) is 0. The molecule has 3 N–H and O–H groups in total. The van der Waals surface area contributed by atoms with Gasteiger partial charge in [0.25, 0.3) is 17.4 Å². The highest BCUT2D eigenvalue weighted by molar-refractivity contribution is 6.32. The third-order valence-electron chi connectivity index (χ3n) is 3.51. The number of anilines is 1. The number of hydrogen-bond donors (Lipinski definition) is 2. The molecular weight excluding hydrogens is 341 g/mol. The van der Waals surface area contributed by atoms with E-state index >= 15 is 0 Å². The fraction of sp³-hybridized carbons (Fsp3) is 0.133. The average Bonchev–Trinajstić information content (AvgIpc) is 2.80. The topological polar surface area (TPSA) is 103 Å². The lowest BCUT2D eigenvalue weighted by atomic mass is 10.1. The van der Waals surface area contributed by atoms with Gasteiger partial charge in [-0.1, -0.05) is 11.6 Å². The molecule has 0 saturated carbocycles. The van der Waals surface area contributed by atoms with Crippen LogP contribution in [0.4, 0.5) is 10.2 Å². The molecule has 0 spiro atoms. The second kappa shape index (κ2) is 5.64. The van der Waals surface area contributed by atoms with E-state index in [1.807, 2.05) is 5.32 Å². The molecular formula is C15H11ClFN3O4. The number of nitrogens with zero attached hydrogens (tertiary/aromatic N) is 1. The maximum atomic E-state index is 14.7. The Balaban J connectivity index is 2.32. The molecule has 1 aromatic heterocycles. The largest absolute Gasteiger partial charge is 0.489 e. The van der Waals surface area contributed by atoms with Crippen molar-refractivity contribution in [3.63, 3.8) is 0 Å². The predicted molar refractivity (Wildman–Crippen MR) is 84.4 cm³/mol. The molecule has 0 fully saturated rings. The van der Waals surface area contributed by atoms with E-state index < -0.39 is 23.2 Å². The van der Waals surface area contributed by atoms with Gasteiger partial charge in [0.2, 0.25) is 0 Å². The zero-order chi connectivity index (χ0) is 17.6. The molecule has 9 heteroatoms. The van der Waals surface area contributed by atoms with Crippen molar-refractivity contribution in [1.82, 2.24) is 9.88 Å². The minimum atomic E-state index is -0.900. The summed E-state index contributed by atoms with van der Waals surface area (Å²) in [5, 5.41) is 2.06. The van der Waals surface area contributed by atoms with E-state index in [9.17, 15) is 18.8 Å². The van der Waals surface area contributed by atoms with Gasteiger partial charge in [0.15, 0.2) is 11.6 Å². The predicted octanol–water partition coefficient (Wildman–Crippen LogP) is 1.49. The van der Waals surface area contributed by atoms with Crippen molar-refractivity contribution in [3.8, 4) is 11.4 Å². The van der Waals surface area contributed by atoms with E-state index in [0.717, 1.165) is 10.6 Å². The maximum absolute atomic E-state index is 14.7. The standard InChI is InChI=1S/C15H11ClFN3O4/c1-2-24-12-7(16)3-4-8(11(12)17)20-9(21)5-6-10(13(20)18)15(23)19-14(6)22/h3-5H,2,18H2,1H3,(H,19,22,23). The number of ether oxygens (including phenoxy) is 1. The molecule has 0 bridgehead atoms. The van der Waals surface area contributed by atoms with Crippen molar-refractivity contribution in [1.29, 1.82) is 0 Å². The number of fused-ring (bicyclic) bond motifs is 1. The summed E-state index contributed by atoms with van der Waals surface area (Å²) in [5.41, 5.74) is 4.55. The Kier molecular flexibility index (Phi) is 3.76. The third kappa shape index (κ3) is 2.23. The zero-order valence-corrected chi connectivity index (χ0v) is 13.1. The molecule has 0 unspecified atom stereocenters. The smallest absolute Gasteiger partial charge is 0.262 e. The van der Waals surface area contributed by atoms with Crippen LogP contribution in [0.5, 0.6) is 5.75 Å². The van der Waals surface area contributed by atoms with Crippen molar-refractivity contribution < 1.29 is 18.7 Å². The first kappa shape index (κ1) is 16.0. The number of nitrogen functional groups attached to an aromatic ring is 1. The second-order valence-corrected chi connectivity index (χ2v) is 5.32. The Labute approximate surface area is 139 Å². The summed E-state index contributed by atoms with van der Waals surface area (Å²) in [4.78, 5) is 35.8. The molecule has 2 amide bonds. The first-order chi connectivity index (χ1) is 11.4. The van der Waals surface area contributed by atoms with Gasteiger partial charge in [-0.2, -0.15) is 0 Å². The highest BCUT2D eigenvalue weighted by atomic mass is 35.5. The number of benzene rings is 1. The number of nitrogens with two attached hydrogens (primary N) is 1. The van der Waals surface area contributed by atoms with Crippen molar-refractivity contribution in [2.75, 3.05) is 12.3 Å². The monoisotopic (exact) mass is 351 g/mol. The van der Waals surface area contributed by atoms with Gasteiger partial charge in [0.1, 0.15) is 5.82 Å². The molecule has 0 saturated heterocycles. The number of carbonyl (C=O) groups excluding carboxylic acids is 2. The third-order valence-corrected chi connectivity index (χ3v) is 3.81. The molecule has 3 rings (SSSR count). The quantitative estimate of drug-likeness (QED) is 0.815. The van der Waals surface area contributed by atoms with Crippen LogP contribution in [0.2, 0.25) is 5.02 Å². The van der Waals surface area contributed by atoms with E-state index in [2.05, 4.69) is 0 Å². The van der Waals surface area contributed by atoms with E-state index in [1.54, 1.807) is 6.92 Å². The van der Waals surface area contributed by atoms with Crippen LogP contribution in [-0.2, 0) is 0 Å². The molecule has 2 heterocycles. The summed E-state index contributed by atoms with van der Waals surface area (Å²) < 4.78 is 20.6. The van der Waals surface area contributed by atoms with Gasteiger partial charge in [0.05, 0.1) is 28.4 Å². The van der Waals surface area contributed by atoms with Crippen LogP contribution in [0.1, 0.15) is 27.6 Å². The summed E-state index contributed by atoms with van der Waals surface area (Å²) in [5.74, 6) is -2.95. The van der Waals surface area contributed by atoms with Gasteiger partial charge >= 0.3 is 0 Å². The van der Waals surface area contributed by atoms with Crippen LogP contribution in [0, 0.1) is 5.82 Å². The summed E-state index contributed by atoms with van der Waals surface area (Å²) in [6.45, 7) is 1.81. The van der Waals surface area contributed by atoms with Crippen LogP contribution in [0.15, 0.2) is 23.0 Å². The van der Waals surface area contributed by atoms with Gasteiger partial charge in [0, 0.05) is 6.07 Å². The van der Waals surface area contributed by atoms with E-state index in [0.29, 0.717) is 0 Å². The van der Waals surface area contributed by atoms with Gasteiger partial charge < -0.3 is 10.5 Å². The Morgan fingerprint density at radius 2 is 2.00 bits per heavy atom. The van der Waals surface area contributed by atoms with E-state index in [-0.39, 0.29) is 40.0 Å². The molecule has 2 aromatic rings. The Morgan fingerprint density at radius 3 is 2.67 bits per heavy atom. The number of imide groups is 1. The van der Waals surface area contributed by atoms with Crippen LogP contribution < -0.4 is 21.3 Å². The van der Waals surface area contributed by atoms with Crippen molar-refractivity contribution in [2.45, 2.75) is 6.92 Å². The Hall–Kier alpha value is -2.87. The Morgan fingerprint density at radius 1 is 1.29 bits per heavy atom. The van der Waals surface area contributed by atoms with Crippen molar-refractivity contribution in [2.24, 2.45) is 0 Å².